The van der Waals surface area contributed by atoms with E-state index in [1.54, 1.807) is 0 Å². The SMILES string of the molecule is COc1cccc(C(O)(C(=O)N(C)C2CC(CC3CCNCC3)C2)C(F)(F)F)c1. The van der Waals surface area contributed by atoms with Gasteiger partial charge in [0.05, 0.1) is 7.11 Å². The number of nitrogens with one attached hydrogen (secondary N) is 1. The number of hydrogen-bond donors (Lipinski definition) is 2. The summed E-state index contributed by atoms with van der Waals surface area (Å²) in [4.78, 5) is 13.9. The molecule has 5 nitrogen and oxygen atoms in total. The van der Waals surface area contributed by atoms with Crippen molar-refractivity contribution in [2.75, 3.05) is 27.2 Å². The summed E-state index contributed by atoms with van der Waals surface area (Å²) in [7, 11) is 2.67. The van der Waals surface area contributed by atoms with Crippen LogP contribution in [0, 0.1) is 11.8 Å². The van der Waals surface area contributed by atoms with Gasteiger partial charge < -0.3 is 20.1 Å². The third kappa shape index (κ3) is 4.38. The summed E-state index contributed by atoms with van der Waals surface area (Å²) in [6.45, 7) is 2.02. The van der Waals surface area contributed by atoms with Crippen LogP contribution in [0.4, 0.5) is 13.2 Å². The standard InChI is InChI=1S/C21H29F3N2O3/c1-26(17-11-15(12-17)10-14-6-8-25-9-7-14)19(27)20(28,21(22,23)24)16-4-3-5-18(13-16)29-2/h3-5,13-15,17,25,28H,6-12H2,1-2H3. The molecule has 0 bridgehead atoms. The number of hydrogen-bond acceptors (Lipinski definition) is 4. The monoisotopic (exact) mass is 414 g/mol. The van der Waals surface area contributed by atoms with Crippen LogP contribution >= 0.6 is 0 Å². The Morgan fingerprint density at radius 2 is 1.90 bits per heavy atom. The molecule has 1 amide bonds. The molecule has 1 aliphatic heterocycles. The molecule has 1 aliphatic carbocycles. The first-order valence-corrected chi connectivity index (χ1v) is 10.1. The van der Waals surface area contributed by atoms with Crippen molar-refractivity contribution in [3.05, 3.63) is 29.8 Å². The molecule has 0 radical (unpaired) electrons. The molecule has 0 spiro atoms. The fraction of sp³-hybridized carbons (Fsp3) is 0.667. The smallest absolute Gasteiger partial charge is 0.430 e. The van der Waals surface area contributed by atoms with E-state index in [4.69, 9.17) is 4.74 Å². The number of methoxy groups -OCH3 is 1. The molecule has 162 valence electrons. The maximum absolute atomic E-state index is 13.9. The predicted octanol–water partition coefficient (Wildman–Crippen LogP) is 3.07. The van der Waals surface area contributed by atoms with Gasteiger partial charge in [0, 0.05) is 18.7 Å². The Balaban J connectivity index is 1.70. The van der Waals surface area contributed by atoms with Crippen LogP contribution in [0.3, 0.4) is 0 Å². The summed E-state index contributed by atoms with van der Waals surface area (Å²) >= 11 is 0. The molecule has 8 heteroatoms. The van der Waals surface area contributed by atoms with Crippen molar-refractivity contribution in [3.63, 3.8) is 0 Å². The molecule has 0 aromatic heterocycles. The molecule has 2 N–H and O–H groups in total. The topological polar surface area (TPSA) is 61.8 Å². The second kappa shape index (κ2) is 8.52. The maximum Gasteiger partial charge on any atom is 0.430 e. The highest BCUT2D eigenvalue weighted by molar-refractivity contribution is 5.87. The molecular weight excluding hydrogens is 385 g/mol. The third-order valence-corrected chi connectivity index (χ3v) is 6.41. The van der Waals surface area contributed by atoms with Gasteiger partial charge in [0.15, 0.2) is 0 Å². The summed E-state index contributed by atoms with van der Waals surface area (Å²) in [6.07, 6.45) is -0.488. The van der Waals surface area contributed by atoms with Crippen molar-refractivity contribution in [2.24, 2.45) is 11.8 Å². The zero-order valence-electron chi connectivity index (χ0n) is 16.8. The number of carbonyl (C=O) groups is 1. The number of rotatable bonds is 6. The van der Waals surface area contributed by atoms with Crippen LogP contribution in [0.5, 0.6) is 5.75 Å². The largest absolute Gasteiger partial charge is 0.497 e. The van der Waals surface area contributed by atoms with E-state index in [9.17, 15) is 23.1 Å². The highest BCUT2D eigenvalue weighted by Gasteiger charge is 2.62. The maximum atomic E-state index is 13.9. The summed E-state index contributed by atoms with van der Waals surface area (Å²) < 4.78 is 46.6. The van der Waals surface area contributed by atoms with Gasteiger partial charge in [0.2, 0.25) is 0 Å². The van der Waals surface area contributed by atoms with Crippen LogP contribution in [-0.4, -0.2) is 55.4 Å². The van der Waals surface area contributed by atoms with E-state index in [1.807, 2.05) is 0 Å². The van der Waals surface area contributed by atoms with Crippen LogP contribution in [-0.2, 0) is 10.4 Å². The molecule has 1 heterocycles. The molecule has 1 saturated heterocycles. The number of amides is 1. The zero-order valence-corrected chi connectivity index (χ0v) is 16.8. The second-order valence-electron chi connectivity index (χ2n) is 8.28. The van der Waals surface area contributed by atoms with Gasteiger partial charge in [-0.3, -0.25) is 4.79 Å². The molecule has 1 unspecified atom stereocenters. The number of carbonyl (C=O) groups excluding carboxylic acids is 1. The van der Waals surface area contributed by atoms with Crippen molar-refractivity contribution in [1.82, 2.24) is 10.2 Å². The third-order valence-electron chi connectivity index (χ3n) is 6.41. The van der Waals surface area contributed by atoms with Gasteiger partial charge in [0.25, 0.3) is 11.5 Å². The summed E-state index contributed by atoms with van der Waals surface area (Å²) in [5, 5.41) is 13.9. The number of halogens is 3. The Morgan fingerprint density at radius 3 is 2.48 bits per heavy atom. The molecule has 2 aliphatic rings. The van der Waals surface area contributed by atoms with Gasteiger partial charge in [-0.15, -0.1) is 0 Å². The number of ether oxygens (including phenoxy) is 1. The fourth-order valence-corrected chi connectivity index (χ4v) is 4.48. The Bertz CT molecular complexity index is 715. The highest BCUT2D eigenvalue weighted by atomic mass is 19.4. The molecule has 1 aromatic rings. The zero-order chi connectivity index (χ0) is 21.2. The van der Waals surface area contributed by atoms with E-state index in [1.165, 1.54) is 26.3 Å². The predicted molar refractivity (Wildman–Crippen MR) is 102 cm³/mol. The van der Waals surface area contributed by atoms with E-state index >= 15 is 0 Å². The van der Waals surface area contributed by atoms with Crippen LogP contribution < -0.4 is 10.1 Å². The average Bonchev–Trinajstić information content (AvgIpc) is 2.68. The summed E-state index contributed by atoms with van der Waals surface area (Å²) in [5.74, 6) is -0.129. The van der Waals surface area contributed by atoms with E-state index in [0.717, 1.165) is 49.4 Å². The van der Waals surface area contributed by atoms with Gasteiger partial charge in [-0.1, -0.05) is 12.1 Å². The Hall–Kier alpha value is -1.80. The lowest BCUT2D eigenvalue weighted by Crippen LogP contribution is -2.58. The quantitative estimate of drug-likeness (QED) is 0.751. The number of nitrogens with zero attached hydrogens (tertiary/aromatic N) is 1. The first-order valence-electron chi connectivity index (χ1n) is 10.1. The van der Waals surface area contributed by atoms with E-state index in [-0.39, 0.29) is 11.8 Å². The van der Waals surface area contributed by atoms with E-state index in [0.29, 0.717) is 24.7 Å². The van der Waals surface area contributed by atoms with Crippen LogP contribution in [0.2, 0.25) is 0 Å². The minimum Gasteiger partial charge on any atom is -0.497 e. The van der Waals surface area contributed by atoms with Gasteiger partial charge in [-0.25, -0.2) is 0 Å². The summed E-state index contributed by atoms with van der Waals surface area (Å²) in [6, 6.07) is 4.67. The first kappa shape index (κ1) is 21.9. The van der Waals surface area contributed by atoms with E-state index in [2.05, 4.69) is 5.32 Å². The number of aliphatic hydroxyl groups is 1. The van der Waals surface area contributed by atoms with Gasteiger partial charge in [-0.2, -0.15) is 13.2 Å². The summed E-state index contributed by atoms with van der Waals surface area (Å²) in [5.41, 5.74) is -4.14. The van der Waals surface area contributed by atoms with Crippen LogP contribution in [0.15, 0.2) is 24.3 Å². The van der Waals surface area contributed by atoms with Crippen molar-refractivity contribution in [1.29, 1.82) is 0 Å². The number of piperidine rings is 1. The van der Waals surface area contributed by atoms with E-state index < -0.39 is 23.2 Å². The first-order chi connectivity index (χ1) is 13.7. The molecule has 1 aromatic carbocycles. The Kier molecular flexibility index (Phi) is 6.43. The number of alkyl halides is 3. The lowest BCUT2D eigenvalue weighted by Gasteiger charge is -2.45. The van der Waals surface area contributed by atoms with Crippen molar-refractivity contribution in [2.45, 2.75) is 49.9 Å². The normalized spacial score (nSPS) is 25.0. The minimum atomic E-state index is -5.15. The minimum absolute atomic E-state index is 0.145. The molecule has 3 rings (SSSR count). The lowest BCUT2D eigenvalue weighted by atomic mass is 9.72. The average molecular weight is 414 g/mol. The van der Waals surface area contributed by atoms with Crippen molar-refractivity contribution >= 4 is 5.91 Å². The molecule has 29 heavy (non-hydrogen) atoms. The number of benzene rings is 1. The van der Waals surface area contributed by atoms with Gasteiger partial charge in [0.1, 0.15) is 5.75 Å². The van der Waals surface area contributed by atoms with Gasteiger partial charge >= 0.3 is 6.18 Å². The van der Waals surface area contributed by atoms with Gasteiger partial charge in [-0.05, 0) is 69.2 Å². The molecule has 1 saturated carbocycles. The van der Waals surface area contributed by atoms with Crippen LogP contribution in [0.1, 0.15) is 37.7 Å². The van der Waals surface area contributed by atoms with Crippen LogP contribution in [0.25, 0.3) is 0 Å². The van der Waals surface area contributed by atoms with Crippen molar-refractivity contribution < 1.29 is 27.8 Å². The lowest BCUT2D eigenvalue weighted by molar-refractivity contribution is -0.262. The molecule has 1 atom stereocenters. The highest BCUT2D eigenvalue weighted by Crippen LogP contribution is 2.44. The van der Waals surface area contributed by atoms with Crippen molar-refractivity contribution in [3.8, 4) is 5.75 Å². The fourth-order valence-electron chi connectivity index (χ4n) is 4.48. The number of likely N-dealkylation sites (N-methyl/N-ethyl adjacent to an activating group) is 1. The molecule has 2 fully saturated rings. The Labute approximate surface area is 169 Å². The second-order valence-corrected chi connectivity index (χ2v) is 8.28. The molecular formula is C21H29F3N2O3. The Morgan fingerprint density at radius 1 is 1.24 bits per heavy atom.